The van der Waals surface area contributed by atoms with E-state index in [4.69, 9.17) is 4.98 Å². The van der Waals surface area contributed by atoms with Gasteiger partial charge >= 0.3 is 0 Å². The van der Waals surface area contributed by atoms with Crippen molar-refractivity contribution in [1.82, 2.24) is 19.4 Å². The van der Waals surface area contributed by atoms with Crippen molar-refractivity contribution in [2.75, 3.05) is 0 Å². The molecule has 2 aliphatic carbocycles. The van der Waals surface area contributed by atoms with Crippen LogP contribution in [0, 0.1) is 0 Å². The van der Waals surface area contributed by atoms with Crippen LogP contribution in [0.5, 0.6) is 0 Å². The molecule has 4 nitrogen and oxygen atoms in total. The summed E-state index contributed by atoms with van der Waals surface area (Å²) in [5.74, 6) is 0. The van der Waals surface area contributed by atoms with E-state index in [0.29, 0.717) is 0 Å². The van der Waals surface area contributed by atoms with Crippen molar-refractivity contribution in [1.29, 1.82) is 0 Å². The van der Waals surface area contributed by atoms with Crippen LogP contribution >= 0.6 is 0 Å². The van der Waals surface area contributed by atoms with Gasteiger partial charge in [-0.15, -0.1) is 0 Å². The van der Waals surface area contributed by atoms with Gasteiger partial charge in [-0.25, -0.2) is 4.98 Å². The first-order valence-electron chi connectivity index (χ1n) is 12.0. The summed E-state index contributed by atoms with van der Waals surface area (Å²) in [5.41, 5.74) is 16.4. The fourth-order valence-corrected chi connectivity index (χ4v) is 6.46. The summed E-state index contributed by atoms with van der Waals surface area (Å²) in [5, 5.41) is 2.10. The minimum Gasteiger partial charge on any atom is -0.291 e. The second-order valence-corrected chi connectivity index (χ2v) is 9.71. The third-order valence-electron chi connectivity index (χ3n) is 7.92. The number of benzene rings is 3. The largest absolute Gasteiger partial charge is 0.291 e. The number of nitrogens with zero attached hydrogens (tertiary/aromatic N) is 4. The SMILES string of the molecule is c1ccc2c(c1)Cc1ccc3c(c1-2)-c1cc2nc4c5cccnc5c5cnccc5n4c2cc1C3. The second-order valence-electron chi connectivity index (χ2n) is 9.71. The maximum Gasteiger partial charge on any atom is 0.147 e. The molecule has 4 heterocycles. The van der Waals surface area contributed by atoms with E-state index in [-0.39, 0.29) is 0 Å². The molecule has 0 aliphatic heterocycles. The number of hydrogen-bond donors (Lipinski definition) is 0. The molecule has 4 heteroatoms. The van der Waals surface area contributed by atoms with Crippen LogP contribution in [0.3, 0.4) is 0 Å². The average Bonchev–Trinajstić information content (AvgIpc) is 3.58. The molecule has 0 saturated carbocycles. The predicted octanol–water partition coefficient (Wildman–Crippen LogP) is 6.73. The molecule has 0 bridgehead atoms. The fourth-order valence-electron chi connectivity index (χ4n) is 6.46. The smallest absolute Gasteiger partial charge is 0.147 e. The van der Waals surface area contributed by atoms with Crippen molar-refractivity contribution in [3.8, 4) is 22.3 Å². The molecule has 9 rings (SSSR count). The summed E-state index contributed by atoms with van der Waals surface area (Å²) in [6, 6.07) is 24.4. The van der Waals surface area contributed by atoms with Crippen LogP contribution in [0.25, 0.3) is 60.7 Å². The Labute approximate surface area is 200 Å². The maximum absolute atomic E-state index is 5.18. The van der Waals surface area contributed by atoms with Crippen LogP contribution in [0.1, 0.15) is 22.3 Å². The van der Waals surface area contributed by atoms with Crippen LogP contribution in [0.2, 0.25) is 0 Å². The molecule has 0 unspecified atom stereocenters. The third kappa shape index (κ3) is 2.15. The van der Waals surface area contributed by atoms with Crippen LogP contribution in [0.15, 0.2) is 85.3 Å². The van der Waals surface area contributed by atoms with Crippen molar-refractivity contribution < 1.29 is 0 Å². The van der Waals surface area contributed by atoms with Gasteiger partial charge in [-0.3, -0.25) is 14.4 Å². The normalized spacial score (nSPS) is 13.5. The summed E-state index contributed by atoms with van der Waals surface area (Å²) < 4.78 is 2.29. The van der Waals surface area contributed by atoms with E-state index in [1.165, 1.54) is 44.5 Å². The van der Waals surface area contributed by atoms with E-state index < -0.39 is 0 Å². The van der Waals surface area contributed by atoms with Crippen LogP contribution in [0.4, 0.5) is 0 Å². The minimum absolute atomic E-state index is 0.950. The average molecular weight is 447 g/mol. The highest BCUT2D eigenvalue weighted by Gasteiger charge is 2.29. The Morgan fingerprint density at radius 1 is 0.657 bits per heavy atom. The zero-order valence-electron chi connectivity index (χ0n) is 18.8. The van der Waals surface area contributed by atoms with Gasteiger partial charge in [0.25, 0.3) is 0 Å². The lowest BCUT2D eigenvalue weighted by molar-refractivity contribution is 1.23. The van der Waals surface area contributed by atoms with Gasteiger partial charge in [0.15, 0.2) is 0 Å². The Morgan fingerprint density at radius 2 is 1.51 bits per heavy atom. The van der Waals surface area contributed by atoms with Gasteiger partial charge in [0.1, 0.15) is 5.65 Å². The summed E-state index contributed by atoms with van der Waals surface area (Å²) in [6.45, 7) is 0. The maximum atomic E-state index is 5.18. The van der Waals surface area contributed by atoms with Crippen molar-refractivity contribution in [2.45, 2.75) is 12.8 Å². The molecule has 0 amide bonds. The van der Waals surface area contributed by atoms with E-state index in [2.05, 4.69) is 75.0 Å². The Morgan fingerprint density at radius 3 is 2.46 bits per heavy atom. The third-order valence-corrected chi connectivity index (χ3v) is 7.92. The molecule has 0 radical (unpaired) electrons. The molecular formula is C31H18N4. The molecule has 7 aromatic rings. The van der Waals surface area contributed by atoms with Gasteiger partial charge in [-0.1, -0.05) is 36.4 Å². The van der Waals surface area contributed by atoms with Gasteiger partial charge in [-0.05, 0) is 87.7 Å². The number of aromatic nitrogens is 4. The molecule has 0 fully saturated rings. The monoisotopic (exact) mass is 446 g/mol. The molecule has 35 heavy (non-hydrogen) atoms. The van der Waals surface area contributed by atoms with Crippen LogP contribution in [-0.4, -0.2) is 19.4 Å². The molecule has 162 valence electrons. The van der Waals surface area contributed by atoms with Crippen LogP contribution < -0.4 is 0 Å². The number of rotatable bonds is 0. The van der Waals surface area contributed by atoms with Gasteiger partial charge in [0.05, 0.1) is 22.1 Å². The van der Waals surface area contributed by atoms with Gasteiger partial charge in [0, 0.05) is 29.4 Å². The summed E-state index contributed by atoms with van der Waals surface area (Å²) in [4.78, 5) is 14.3. The Balaban J connectivity index is 1.41. The quantitative estimate of drug-likeness (QED) is 0.243. The second kappa shape index (κ2) is 6.10. The molecule has 0 N–H and O–H groups in total. The zero-order valence-corrected chi connectivity index (χ0v) is 18.8. The molecule has 0 spiro atoms. The van der Waals surface area contributed by atoms with Gasteiger partial charge in [0.2, 0.25) is 0 Å². The van der Waals surface area contributed by atoms with Crippen LogP contribution in [-0.2, 0) is 12.8 Å². The number of imidazole rings is 1. The Hall–Kier alpha value is -4.57. The standard InChI is InChI=1S/C31H18N4/c1-2-5-21-17(4-1)12-18-7-8-19-13-20-14-27-25(15-23(20)29(19)28(18)21)34-31-22-6-3-10-33-30(22)24-16-32-11-9-26(24)35(27)31/h1-11,14-16H,12-13H2. The first-order valence-corrected chi connectivity index (χ1v) is 12.0. The lowest BCUT2D eigenvalue weighted by Crippen LogP contribution is -1.93. The van der Waals surface area contributed by atoms with E-state index in [9.17, 15) is 0 Å². The lowest BCUT2D eigenvalue weighted by Gasteiger charge is -2.10. The molecule has 2 aliphatic rings. The number of pyridine rings is 3. The highest BCUT2D eigenvalue weighted by Crippen LogP contribution is 2.50. The van der Waals surface area contributed by atoms with Gasteiger partial charge < -0.3 is 0 Å². The highest BCUT2D eigenvalue weighted by molar-refractivity contribution is 6.12. The van der Waals surface area contributed by atoms with E-state index in [1.54, 1.807) is 0 Å². The molecule has 3 aromatic carbocycles. The summed E-state index contributed by atoms with van der Waals surface area (Å²) in [6.07, 6.45) is 7.59. The first-order chi connectivity index (χ1) is 17.3. The van der Waals surface area contributed by atoms with E-state index >= 15 is 0 Å². The van der Waals surface area contributed by atoms with Gasteiger partial charge in [-0.2, -0.15) is 0 Å². The molecular weight excluding hydrogens is 428 g/mol. The van der Waals surface area contributed by atoms with Crippen molar-refractivity contribution in [2.24, 2.45) is 0 Å². The Kier molecular flexibility index (Phi) is 3.11. The van der Waals surface area contributed by atoms with Crippen molar-refractivity contribution in [3.05, 3.63) is 108 Å². The summed E-state index contributed by atoms with van der Waals surface area (Å²) in [7, 11) is 0. The minimum atomic E-state index is 0.950. The topological polar surface area (TPSA) is 43.1 Å². The predicted molar refractivity (Wildman–Crippen MR) is 140 cm³/mol. The van der Waals surface area contributed by atoms with E-state index in [1.807, 2.05) is 24.7 Å². The fraction of sp³-hybridized carbons (Fsp3) is 0.0645. The molecule has 0 saturated heterocycles. The number of hydrogen-bond acceptors (Lipinski definition) is 3. The first kappa shape index (κ1) is 17.8. The van der Waals surface area contributed by atoms with Crippen molar-refractivity contribution >= 4 is 38.5 Å². The van der Waals surface area contributed by atoms with E-state index in [0.717, 1.165) is 51.3 Å². The Bertz CT molecular complexity index is 2070. The molecule has 4 aromatic heterocycles. The highest BCUT2D eigenvalue weighted by atomic mass is 15.0. The molecule has 0 atom stereocenters. The zero-order chi connectivity index (χ0) is 22.7. The summed E-state index contributed by atoms with van der Waals surface area (Å²) >= 11 is 0. The number of fused-ring (bicyclic) bond motifs is 15. The van der Waals surface area contributed by atoms with Crippen molar-refractivity contribution in [3.63, 3.8) is 0 Å². The lowest BCUT2D eigenvalue weighted by atomic mass is 9.94.